The molecule has 1 fully saturated rings. The zero-order chi connectivity index (χ0) is 19.4. The van der Waals surface area contributed by atoms with Crippen molar-refractivity contribution in [1.29, 1.82) is 0 Å². The van der Waals surface area contributed by atoms with Gasteiger partial charge in [-0.2, -0.15) is 0 Å². The number of hydrogen-bond donors (Lipinski definition) is 1. The third-order valence-corrected chi connectivity index (χ3v) is 5.38. The molecule has 2 aromatic rings. The average molecular weight is 392 g/mol. The number of nitrogens with zero attached hydrogens (tertiary/aromatic N) is 3. The van der Waals surface area contributed by atoms with Gasteiger partial charge >= 0.3 is 5.97 Å². The van der Waals surface area contributed by atoms with Crippen molar-refractivity contribution in [3.63, 3.8) is 0 Å². The molecule has 0 bridgehead atoms. The summed E-state index contributed by atoms with van der Waals surface area (Å²) in [5, 5.41) is 9.75. The predicted octanol–water partition coefficient (Wildman–Crippen LogP) is 3.67. The average Bonchev–Trinajstić information content (AvgIpc) is 3.01. The summed E-state index contributed by atoms with van der Waals surface area (Å²) in [7, 11) is 0. The van der Waals surface area contributed by atoms with Crippen LogP contribution < -0.4 is 0 Å². The van der Waals surface area contributed by atoms with Crippen LogP contribution in [0.25, 0.3) is 11.3 Å². The van der Waals surface area contributed by atoms with Gasteiger partial charge in [0.05, 0.1) is 18.8 Å². The predicted molar refractivity (Wildman–Crippen MR) is 105 cm³/mol. The van der Waals surface area contributed by atoms with Crippen molar-refractivity contribution in [2.75, 3.05) is 26.2 Å². The minimum atomic E-state index is -0.760. The number of carbonyl (C=O) groups is 1. The van der Waals surface area contributed by atoms with Crippen LogP contribution in [0, 0.1) is 6.92 Å². The number of likely N-dealkylation sites (tertiary alicyclic amines) is 1. The highest BCUT2D eigenvalue weighted by Gasteiger charge is 2.26. The molecule has 1 aliphatic heterocycles. The number of hydrogen-bond acceptors (Lipinski definition) is 5. The summed E-state index contributed by atoms with van der Waals surface area (Å²) in [4.78, 5) is 20.0. The molecular formula is C20H26ClN3O3. The van der Waals surface area contributed by atoms with Gasteiger partial charge in [-0.3, -0.25) is 14.6 Å². The first-order valence-electron chi connectivity index (χ1n) is 9.36. The molecule has 3 rings (SSSR count). The van der Waals surface area contributed by atoms with E-state index in [1.54, 1.807) is 0 Å². The molecule has 0 saturated carbocycles. The summed E-state index contributed by atoms with van der Waals surface area (Å²) in [6.07, 6.45) is 1.93. The van der Waals surface area contributed by atoms with Crippen LogP contribution in [-0.4, -0.2) is 58.1 Å². The smallest absolute Gasteiger partial charge is 0.317 e. The van der Waals surface area contributed by atoms with Gasteiger partial charge < -0.3 is 9.52 Å². The molecule has 1 aromatic heterocycles. The Hall–Kier alpha value is -1.89. The maximum Gasteiger partial charge on any atom is 0.317 e. The maximum atomic E-state index is 11.0. The van der Waals surface area contributed by atoms with Crippen molar-refractivity contribution in [3.8, 4) is 11.3 Å². The van der Waals surface area contributed by atoms with Gasteiger partial charge in [0, 0.05) is 29.7 Å². The van der Waals surface area contributed by atoms with E-state index in [-0.39, 0.29) is 6.54 Å². The lowest BCUT2D eigenvalue weighted by atomic mass is 10.0. The third-order valence-electron chi connectivity index (χ3n) is 5.12. The van der Waals surface area contributed by atoms with E-state index in [0.29, 0.717) is 23.5 Å². The van der Waals surface area contributed by atoms with Crippen molar-refractivity contribution in [3.05, 3.63) is 40.9 Å². The Balaban J connectivity index is 1.59. The molecule has 0 amide bonds. The number of aliphatic carboxylic acids is 1. The zero-order valence-corrected chi connectivity index (χ0v) is 16.6. The van der Waals surface area contributed by atoms with Gasteiger partial charge in [-0.15, -0.1) is 0 Å². The molecule has 1 N–H and O–H groups in total. The molecule has 0 aliphatic carbocycles. The first kappa shape index (κ1) is 19.9. The minimum Gasteiger partial charge on any atom is -0.480 e. The molecule has 2 heterocycles. The first-order chi connectivity index (χ1) is 13.0. The van der Waals surface area contributed by atoms with Crippen LogP contribution in [0.15, 0.2) is 28.7 Å². The normalized spacial score (nSPS) is 16.1. The number of rotatable bonds is 7. The van der Waals surface area contributed by atoms with E-state index >= 15 is 0 Å². The number of aromatic nitrogens is 1. The number of carboxylic acids is 1. The Morgan fingerprint density at radius 2 is 2.00 bits per heavy atom. The standard InChI is InChI=1S/C20H26ClN3O3/c1-3-24(13-19(25)26)17-8-10-23(11-9-17)12-18-22-14(2)20(27-18)15-4-6-16(21)7-5-15/h4-7,17H,3,8-13H2,1-2H3,(H,25,26). The molecular weight excluding hydrogens is 366 g/mol. The van der Waals surface area contributed by atoms with Crippen LogP contribution in [0.2, 0.25) is 5.02 Å². The summed E-state index contributed by atoms with van der Waals surface area (Å²) < 4.78 is 6.01. The van der Waals surface area contributed by atoms with Crippen molar-refractivity contribution in [2.45, 2.75) is 39.3 Å². The summed E-state index contributed by atoms with van der Waals surface area (Å²) in [6, 6.07) is 7.90. The summed E-state index contributed by atoms with van der Waals surface area (Å²) in [5.74, 6) is 0.744. The second-order valence-electron chi connectivity index (χ2n) is 6.99. The highest BCUT2D eigenvalue weighted by Crippen LogP contribution is 2.27. The van der Waals surface area contributed by atoms with Crippen LogP contribution in [0.5, 0.6) is 0 Å². The molecule has 7 heteroatoms. The van der Waals surface area contributed by atoms with Gasteiger partial charge in [0.2, 0.25) is 5.89 Å². The van der Waals surface area contributed by atoms with Gasteiger partial charge in [-0.05, 0) is 50.6 Å². The minimum absolute atomic E-state index is 0.116. The number of benzene rings is 1. The summed E-state index contributed by atoms with van der Waals surface area (Å²) in [5.41, 5.74) is 1.85. The Morgan fingerprint density at radius 1 is 1.33 bits per heavy atom. The molecule has 0 atom stereocenters. The third kappa shape index (κ3) is 5.09. The van der Waals surface area contributed by atoms with Gasteiger partial charge in [-0.1, -0.05) is 18.5 Å². The number of oxazole rings is 1. The quantitative estimate of drug-likeness (QED) is 0.776. The van der Waals surface area contributed by atoms with Gasteiger partial charge in [0.25, 0.3) is 0 Å². The number of halogens is 1. The van der Waals surface area contributed by atoms with Crippen LogP contribution in [0.4, 0.5) is 0 Å². The molecule has 27 heavy (non-hydrogen) atoms. The molecule has 0 unspecified atom stereocenters. The van der Waals surface area contributed by atoms with E-state index < -0.39 is 5.97 Å². The van der Waals surface area contributed by atoms with Crippen molar-refractivity contribution in [2.24, 2.45) is 0 Å². The van der Waals surface area contributed by atoms with Crippen LogP contribution in [0.3, 0.4) is 0 Å². The lowest BCUT2D eigenvalue weighted by Crippen LogP contribution is -2.46. The lowest BCUT2D eigenvalue weighted by molar-refractivity contribution is -0.139. The Morgan fingerprint density at radius 3 is 2.59 bits per heavy atom. The van der Waals surface area contributed by atoms with Gasteiger partial charge in [0.1, 0.15) is 0 Å². The molecule has 0 radical (unpaired) electrons. The largest absolute Gasteiger partial charge is 0.480 e. The van der Waals surface area contributed by atoms with E-state index in [4.69, 9.17) is 21.1 Å². The fourth-order valence-corrected chi connectivity index (χ4v) is 3.82. The first-order valence-corrected chi connectivity index (χ1v) is 9.74. The number of aryl methyl sites for hydroxylation is 1. The Labute approximate surface area is 164 Å². The highest BCUT2D eigenvalue weighted by atomic mass is 35.5. The van der Waals surface area contributed by atoms with Crippen LogP contribution >= 0.6 is 11.6 Å². The number of likely N-dealkylation sites (N-methyl/N-ethyl adjacent to an activating group) is 1. The maximum absolute atomic E-state index is 11.0. The fourth-order valence-electron chi connectivity index (χ4n) is 3.70. The van der Waals surface area contributed by atoms with Gasteiger partial charge in [-0.25, -0.2) is 4.98 Å². The van der Waals surface area contributed by atoms with Gasteiger partial charge in [0.15, 0.2) is 5.76 Å². The highest BCUT2D eigenvalue weighted by molar-refractivity contribution is 6.30. The molecule has 1 aliphatic rings. The van der Waals surface area contributed by atoms with E-state index in [1.165, 1.54) is 0 Å². The molecule has 1 aromatic carbocycles. The Bertz CT molecular complexity index is 767. The van der Waals surface area contributed by atoms with Crippen LogP contribution in [0.1, 0.15) is 31.4 Å². The SMILES string of the molecule is CCN(CC(=O)O)C1CCN(Cc2nc(C)c(-c3ccc(Cl)cc3)o2)CC1. The monoisotopic (exact) mass is 391 g/mol. The van der Waals surface area contributed by atoms with E-state index in [9.17, 15) is 4.79 Å². The molecule has 1 saturated heterocycles. The Kier molecular flexibility index (Phi) is 6.52. The molecule has 6 nitrogen and oxygen atoms in total. The lowest BCUT2D eigenvalue weighted by Gasteiger charge is -2.37. The molecule has 0 spiro atoms. The zero-order valence-electron chi connectivity index (χ0n) is 15.8. The second kappa shape index (κ2) is 8.87. The van der Waals surface area contributed by atoms with E-state index in [2.05, 4.69) is 9.88 Å². The van der Waals surface area contributed by atoms with Crippen molar-refractivity contribution in [1.82, 2.24) is 14.8 Å². The number of piperidine rings is 1. The molecule has 146 valence electrons. The van der Waals surface area contributed by atoms with Crippen LogP contribution in [-0.2, 0) is 11.3 Å². The summed E-state index contributed by atoms with van der Waals surface area (Å²) >= 11 is 5.96. The van der Waals surface area contributed by atoms with Crippen molar-refractivity contribution >= 4 is 17.6 Å². The fraction of sp³-hybridized carbons (Fsp3) is 0.500. The summed E-state index contributed by atoms with van der Waals surface area (Å²) in [6.45, 7) is 7.35. The van der Waals surface area contributed by atoms with E-state index in [1.807, 2.05) is 43.0 Å². The second-order valence-corrected chi connectivity index (χ2v) is 7.43. The number of carboxylic acid groups (broad SMARTS) is 1. The van der Waals surface area contributed by atoms with Crippen molar-refractivity contribution < 1.29 is 14.3 Å². The topological polar surface area (TPSA) is 69.8 Å². The van der Waals surface area contributed by atoms with E-state index in [0.717, 1.165) is 49.5 Å².